The molecule has 0 atom stereocenters. The number of para-hydroxylation sites is 1. The van der Waals surface area contributed by atoms with Crippen LogP contribution in [0.25, 0.3) is 0 Å². The van der Waals surface area contributed by atoms with Crippen LogP contribution in [0.2, 0.25) is 0 Å². The summed E-state index contributed by atoms with van der Waals surface area (Å²) in [6, 6.07) is 17.9. The highest BCUT2D eigenvalue weighted by Gasteiger charge is 2.34. The number of carbonyl (C=O) groups is 2. The molecule has 1 aliphatic carbocycles. The maximum atomic E-state index is 13.4. The fourth-order valence-electron chi connectivity index (χ4n) is 4.71. The molecule has 1 saturated carbocycles. The predicted molar refractivity (Wildman–Crippen MR) is 150 cm³/mol. The second-order valence-electron chi connectivity index (χ2n) is 9.81. The van der Waals surface area contributed by atoms with Crippen molar-refractivity contribution in [3.63, 3.8) is 0 Å². The topological polar surface area (TPSA) is 125 Å². The summed E-state index contributed by atoms with van der Waals surface area (Å²) in [5, 5.41) is 14.1. The normalized spacial score (nSPS) is 14.6. The number of carbonyl (C=O) groups excluding carboxylic acids is 2. The molecule has 0 saturated heterocycles. The average molecular weight is 554 g/mol. The first-order valence-electron chi connectivity index (χ1n) is 12.3. The number of hydrogen-bond acceptors (Lipinski definition) is 6. The van der Waals surface area contributed by atoms with Gasteiger partial charge in [0.2, 0.25) is 5.91 Å². The molecule has 200 valence electrons. The lowest BCUT2D eigenvalue weighted by molar-refractivity contribution is -0.117. The van der Waals surface area contributed by atoms with Gasteiger partial charge in [0, 0.05) is 22.3 Å². The van der Waals surface area contributed by atoms with E-state index >= 15 is 0 Å². The van der Waals surface area contributed by atoms with Crippen LogP contribution in [-0.2, 0) is 20.4 Å². The van der Waals surface area contributed by atoms with Crippen molar-refractivity contribution < 1.29 is 23.1 Å². The second-order valence-corrected chi connectivity index (χ2v) is 12.4. The maximum absolute atomic E-state index is 13.4. The van der Waals surface area contributed by atoms with Crippen LogP contribution in [0.4, 0.5) is 11.4 Å². The van der Waals surface area contributed by atoms with Gasteiger partial charge in [0.05, 0.1) is 16.9 Å². The Labute approximate surface area is 227 Å². The number of phenolic OH excluding ortho intramolecular Hbond substituents is 1. The van der Waals surface area contributed by atoms with Crippen LogP contribution in [0.1, 0.15) is 61.0 Å². The minimum absolute atomic E-state index is 0.00677. The summed E-state index contributed by atoms with van der Waals surface area (Å²) in [4.78, 5) is 26.5. The van der Waals surface area contributed by atoms with Crippen molar-refractivity contribution in [3.05, 3.63) is 77.4 Å². The molecule has 1 aliphatic rings. The summed E-state index contributed by atoms with van der Waals surface area (Å²) < 4.78 is 28.5. The van der Waals surface area contributed by atoms with E-state index in [1.165, 1.54) is 23.9 Å². The lowest BCUT2D eigenvalue weighted by atomic mass is 9.80. The number of benzene rings is 3. The Bertz CT molecular complexity index is 1460. The van der Waals surface area contributed by atoms with Crippen molar-refractivity contribution in [2.75, 3.05) is 10.0 Å². The first kappa shape index (κ1) is 27.5. The maximum Gasteiger partial charge on any atom is 0.323 e. The summed E-state index contributed by atoms with van der Waals surface area (Å²) in [5.41, 5.74) is 1.98. The first-order valence-corrected chi connectivity index (χ1v) is 14.6. The van der Waals surface area contributed by atoms with Gasteiger partial charge in [0.1, 0.15) is 5.75 Å². The summed E-state index contributed by atoms with van der Waals surface area (Å²) in [6.45, 7) is 5.23. The van der Waals surface area contributed by atoms with Crippen LogP contribution in [0, 0.1) is 6.92 Å². The van der Waals surface area contributed by atoms with Crippen LogP contribution in [0.3, 0.4) is 0 Å². The second kappa shape index (κ2) is 11.1. The zero-order valence-electron chi connectivity index (χ0n) is 21.5. The number of hydrogen-bond donors (Lipinski definition) is 4. The Morgan fingerprint density at radius 3 is 2.26 bits per heavy atom. The molecular weight excluding hydrogens is 522 g/mol. The van der Waals surface area contributed by atoms with E-state index in [0.29, 0.717) is 0 Å². The molecule has 0 bridgehead atoms. The molecule has 4 rings (SSSR count). The van der Waals surface area contributed by atoms with Gasteiger partial charge in [0.15, 0.2) is 0 Å². The third-order valence-corrected chi connectivity index (χ3v) is 8.66. The Hall–Kier alpha value is -3.50. The fraction of sp³-hybridized carbons (Fsp3) is 0.286. The van der Waals surface area contributed by atoms with Crippen molar-refractivity contribution in [3.8, 4) is 5.75 Å². The van der Waals surface area contributed by atoms with Crippen molar-refractivity contribution in [1.82, 2.24) is 4.72 Å². The monoisotopic (exact) mass is 553 g/mol. The third-order valence-electron chi connectivity index (χ3n) is 6.64. The van der Waals surface area contributed by atoms with E-state index in [1.807, 2.05) is 42.0 Å². The Morgan fingerprint density at radius 1 is 0.947 bits per heavy atom. The van der Waals surface area contributed by atoms with E-state index in [4.69, 9.17) is 0 Å². The van der Waals surface area contributed by atoms with Crippen molar-refractivity contribution in [1.29, 1.82) is 0 Å². The first-order chi connectivity index (χ1) is 18.0. The zero-order valence-corrected chi connectivity index (χ0v) is 23.1. The Kier molecular flexibility index (Phi) is 8.03. The van der Waals surface area contributed by atoms with Gasteiger partial charge in [-0.05, 0) is 61.6 Å². The van der Waals surface area contributed by atoms with Gasteiger partial charge in [-0.1, -0.05) is 61.4 Å². The molecule has 0 unspecified atom stereocenters. The molecule has 4 N–H and O–H groups in total. The number of rotatable bonds is 8. The van der Waals surface area contributed by atoms with Crippen molar-refractivity contribution in [2.45, 2.75) is 61.7 Å². The van der Waals surface area contributed by atoms with Crippen LogP contribution >= 0.6 is 11.8 Å². The van der Waals surface area contributed by atoms with Gasteiger partial charge >= 0.3 is 10.2 Å². The van der Waals surface area contributed by atoms with Gasteiger partial charge in [0.25, 0.3) is 5.91 Å². The van der Waals surface area contributed by atoms with Crippen LogP contribution < -0.4 is 14.8 Å². The molecule has 3 aromatic carbocycles. The highest BCUT2D eigenvalue weighted by Crippen LogP contribution is 2.48. The summed E-state index contributed by atoms with van der Waals surface area (Å²) in [5.74, 6) is -1.37. The number of aromatic hydroxyl groups is 1. The number of anilines is 2. The van der Waals surface area contributed by atoms with E-state index in [9.17, 15) is 23.1 Å². The number of nitrogens with one attached hydrogen (secondary N) is 3. The number of phenols is 1. The molecule has 0 radical (unpaired) electrons. The van der Waals surface area contributed by atoms with E-state index in [2.05, 4.69) is 17.0 Å². The quantitative estimate of drug-likeness (QED) is 0.264. The van der Waals surface area contributed by atoms with Crippen LogP contribution in [0.5, 0.6) is 5.75 Å². The van der Waals surface area contributed by atoms with E-state index < -0.39 is 22.0 Å². The minimum Gasteiger partial charge on any atom is -0.505 e. The fourth-order valence-corrected chi connectivity index (χ4v) is 6.50. The molecule has 1 fully saturated rings. The summed E-state index contributed by atoms with van der Waals surface area (Å²) in [7, 11) is -4.22. The predicted octanol–water partition coefficient (Wildman–Crippen LogP) is 5.73. The largest absolute Gasteiger partial charge is 0.505 e. The smallest absolute Gasteiger partial charge is 0.323 e. The molecule has 0 heterocycles. The average Bonchev–Trinajstić information content (AvgIpc) is 3.29. The number of amides is 2. The van der Waals surface area contributed by atoms with E-state index in [-0.39, 0.29) is 28.1 Å². The van der Waals surface area contributed by atoms with Crippen molar-refractivity contribution in [2.24, 2.45) is 0 Å². The standard InChI is InChI=1S/C28H31N3O5S2/c1-18-10-12-20(13-11-18)37-21-16-23(28(3)14-6-7-15-28)26(33)25(17-21)29-27(34)22-8-4-5-9-24(22)31-38(35,36)30-19(2)32/h4-5,8-13,16-17,31,33H,6-7,14-15H2,1-3H3,(H,29,34)(H,30,32). The SMILES string of the molecule is CC(=O)NS(=O)(=O)Nc1ccccc1C(=O)Nc1cc(Sc2ccc(C)cc2)cc(C2(C)CCCC2)c1O. The van der Waals surface area contributed by atoms with Gasteiger partial charge in [-0.25, -0.2) is 4.72 Å². The van der Waals surface area contributed by atoms with E-state index in [1.54, 1.807) is 18.2 Å². The molecule has 8 nitrogen and oxygen atoms in total. The zero-order chi connectivity index (χ0) is 27.5. The Balaban J connectivity index is 1.69. The van der Waals surface area contributed by atoms with Crippen LogP contribution in [-0.4, -0.2) is 25.3 Å². The van der Waals surface area contributed by atoms with Gasteiger partial charge < -0.3 is 10.4 Å². The lowest BCUT2D eigenvalue weighted by Gasteiger charge is -2.27. The molecule has 0 aliphatic heterocycles. The summed E-state index contributed by atoms with van der Waals surface area (Å²) >= 11 is 1.54. The van der Waals surface area contributed by atoms with Gasteiger partial charge in [-0.3, -0.25) is 14.3 Å². The Morgan fingerprint density at radius 2 is 1.61 bits per heavy atom. The highest BCUT2D eigenvalue weighted by molar-refractivity contribution is 7.99. The lowest BCUT2D eigenvalue weighted by Crippen LogP contribution is -2.34. The molecule has 10 heteroatoms. The summed E-state index contributed by atoms with van der Waals surface area (Å²) in [6.07, 6.45) is 3.99. The molecule has 2 amide bonds. The van der Waals surface area contributed by atoms with Gasteiger partial charge in [-0.2, -0.15) is 8.42 Å². The molecule has 3 aromatic rings. The number of aryl methyl sites for hydroxylation is 1. The van der Waals surface area contributed by atoms with Crippen LogP contribution in [0.15, 0.2) is 70.5 Å². The van der Waals surface area contributed by atoms with Crippen molar-refractivity contribution >= 4 is 45.2 Å². The molecule has 38 heavy (non-hydrogen) atoms. The third kappa shape index (κ3) is 6.49. The molecular formula is C28H31N3O5S2. The molecule has 0 aromatic heterocycles. The minimum atomic E-state index is -4.22. The van der Waals surface area contributed by atoms with Gasteiger partial charge in [-0.15, -0.1) is 0 Å². The van der Waals surface area contributed by atoms with E-state index in [0.717, 1.165) is 53.5 Å². The molecule has 0 spiro atoms. The highest BCUT2D eigenvalue weighted by atomic mass is 32.2.